The number of methoxy groups -OCH3 is 1. The van der Waals surface area contributed by atoms with Crippen molar-refractivity contribution in [2.45, 2.75) is 6.42 Å². The molecule has 0 heterocycles. The molecule has 1 aliphatic rings. The minimum atomic E-state index is -0.693. The Bertz CT molecular complexity index is 464. The van der Waals surface area contributed by atoms with Crippen molar-refractivity contribution in [3.63, 3.8) is 0 Å². The number of benzene rings is 1. The van der Waals surface area contributed by atoms with Crippen molar-refractivity contribution in [1.29, 1.82) is 0 Å². The van der Waals surface area contributed by atoms with E-state index in [1.807, 2.05) is 30.1 Å². The first-order chi connectivity index (χ1) is 8.52. The van der Waals surface area contributed by atoms with Gasteiger partial charge >= 0.3 is 5.97 Å². The molecular weight excluding hydrogens is 254 g/mol. The number of halogens is 1. The normalized spacial score (nSPS) is 21.5. The number of hydrogen-bond donors (Lipinski definition) is 1. The smallest absolute Gasteiger partial charge is 0.306 e. The fourth-order valence-electron chi connectivity index (χ4n) is 2.10. The number of carbonyl (C=O) groups is 1. The van der Waals surface area contributed by atoms with Gasteiger partial charge in [-0.15, -0.1) is 0 Å². The minimum absolute atomic E-state index is 0.179. The Hall–Kier alpha value is -1.42. The molecule has 98 valence electrons. The van der Waals surface area contributed by atoms with Gasteiger partial charge in [0.15, 0.2) is 0 Å². The predicted octanol–water partition coefficient (Wildman–Crippen LogP) is 2.51. The SMILES string of the molecule is COc1ccc(N(C)CC2CC2C(=O)O)cc1Cl. The van der Waals surface area contributed by atoms with Gasteiger partial charge < -0.3 is 14.7 Å². The van der Waals surface area contributed by atoms with E-state index in [0.717, 1.165) is 18.7 Å². The number of ether oxygens (including phenoxy) is 1. The Kier molecular flexibility index (Phi) is 3.66. The number of hydrogen-bond acceptors (Lipinski definition) is 3. The fourth-order valence-corrected chi connectivity index (χ4v) is 2.35. The van der Waals surface area contributed by atoms with Crippen LogP contribution < -0.4 is 9.64 Å². The first-order valence-corrected chi connectivity index (χ1v) is 6.18. The highest BCUT2D eigenvalue weighted by Crippen LogP contribution is 2.40. The number of rotatable bonds is 5. The largest absolute Gasteiger partial charge is 0.495 e. The molecule has 0 spiro atoms. The Morgan fingerprint density at radius 3 is 2.83 bits per heavy atom. The van der Waals surface area contributed by atoms with Crippen LogP contribution in [-0.2, 0) is 4.79 Å². The summed E-state index contributed by atoms with van der Waals surface area (Å²) in [6, 6.07) is 5.57. The van der Waals surface area contributed by atoms with Crippen LogP contribution in [0.1, 0.15) is 6.42 Å². The maximum Gasteiger partial charge on any atom is 0.306 e. The fraction of sp³-hybridized carbons (Fsp3) is 0.462. The van der Waals surface area contributed by atoms with Crippen molar-refractivity contribution >= 4 is 23.3 Å². The lowest BCUT2D eigenvalue weighted by Gasteiger charge is -2.20. The van der Waals surface area contributed by atoms with Crippen LogP contribution in [0.25, 0.3) is 0 Å². The zero-order chi connectivity index (χ0) is 13.3. The summed E-state index contributed by atoms with van der Waals surface area (Å²) >= 11 is 6.06. The maximum atomic E-state index is 10.8. The molecule has 18 heavy (non-hydrogen) atoms. The number of nitrogens with zero attached hydrogens (tertiary/aromatic N) is 1. The molecule has 2 atom stereocenters. The number of carboxylic acids is 1. The van der Waals surface area contributed by atoms with Crippen LogP contribution in [0.2, 0.25) is 5.02 Å². The molecule has 1 saturated carbocycles. The van der Waals surface area contributed by atoms with Gasteiger partial charge in [0.1, 0.15) is 5.75 Å². The van der Waals surface area contributed by atoms with Crippen molar-refractivity contribution in [3.8, 4) is 5.75 Å². The van der Waals surface area contributed by atoms with Gasteiger partial charge in [0.2, 0.25) is 0 Å². The van der Waals surface area contributed by atoms with Crippen LogP contribution in [0, 0.1) is 11.8 Å². The molecule has 0 bridgehead atoms. The average molecular weight is 270 g/mol. The van der Waals surface area contributed by atoms with E-state index in [0.29, 0.717) is 10.8 Å². The van der Waals surface area contributed by atoms with Crippen LogP contribution in [-0.4, -0.2) is 31.8 Å². The van der Waals surface area contributed by atoms with E-state index in [2.05, 4.69) is 0 Å². The van der Waals surface area contributed by atoms with E-state index in [9.17, 15) is 4.79 Å². The van der Waals surface area contributed by atoms with Gasteiger partial charge in [-0.3, -0.25) is 4.79 Å². The van der Waals surface area contributed by atoms with Crippen LogP contribution in [0.4, 0.5) is 5.69 Å². The minimum Gasteiger partial charge on any atom is -0.495 e. The van der Waals surface area contributed by atoms with E-state index in [4.69, 9.17) is 21.4 Å². The molecule has 4 nitrogen and oxygen atoms in total. The molecule has 2 unspecified atom stereocenters. The zero-order valence-corrected chi connectivity index (χ0v) is 11.1. The Morgan fingerprint density at radius 1 is 1.61 bits per heavy atom. The van der Waals surface area contributed by atoms with Crippen LogP contribution in [0.15, 0.2) is 18.2 Å². The highest BCUT2D eigenvalue weighted by atomic mass is 35.5. The number of aliphatic carboxylic acids is 1. The molecule has 1 aliphatic carbocycles. The van der Waals surface area contributed by atoms with Crippen molar-refractivity contribution in [2.75, 3.05) is 25.6 Å². The molecule has 1 fully saturated rings. The van der Waals surface area contributed by atoms with Crippen molar-refractivity contribution in [1.82, 2.24) is 0 Å². The van der Waals surface area contributed by atoms with Gasteiger partial charge in [-0.2, -0.15) is 0 Å². The molecule has 0 radical (unpaired) electrons. The number of anilines is 1. The maximum absolute atomic E-state index is 10.8. The lowest BCUT2D eigenvalue weighted by molar-refractivity contribution is -0.138. The second-order valence-corrected chi connectivity index (χ2v) is 5.05. The summed E-state index contributed by atoms with van der Waals surface area (Å²) in [5.74, 6) is 0.0133. The Labute approximate surface area is 111 Å². The van der Waals surface area contributed by atoms with E-state index in [1.54, 1.807) is 7.11 Å². The summed E-state index contributed by atoms with van der Waals surface area (Å²) in [7, 11) is 3.52. The lowest BCUT2D eigenvalue weighted by Crippen LogP contribution is -2.21. The lowest BCUT2D eigenvalue weighted by atomic mass is 10.2. The molecule has 1 aromatic rings. The van der Waals surface area contributed by atoms with Gasteiger partial charge in [-0.05, 0) is 30.5 Å². The molecule has 0 aromatic heterocycles. The molecule has 5 heteroatoms. The predicted molar refractivity (Wildman–Crippen MR) is 70.5 cm³/mol. The van der Waals surface area contributed by atoms with Crippen LogP contribution in [0.5, 0.6) is 5.75 Å². The number of carboxylic acid groups (broad SMARTS) is 1. The third-order valence-corrected chi connectivity index (χ3v) is 3.62. The second kappa shape index (κ2) is 5.06. The van der Waals surface area contributed by atoms with E-state index >= 15 is 0 Å². The van der Waals surface area contributed by atoms with Gasteiger partial charge in [-0.25, -0.2) is 0 Å². The first-order valence-electron chi connectivity index (χ1n) is 5.80. The summed E-state index contributed by atoms with van der Waals surface area (Å²) in [5, 5.41) is 9.43. The Morgan fingerprint density at radius 2 is 2.33 bits per heavy atom. The summed E-state index contributed by atoms with van der Waals surface area (Å²) in [6.45, 7) is 0.736. The van der Waals surface area contributed by atoms with Crippen LogP contribution in [0.3, 0.4) is 0 Å². The summed E-state index contributed by atoms with van der Waals surface area (Å²) in [5.41, 5.74) is 0.969. The highest BCUT2D eigenvalue weighted by molar-refractivity contribution is 6.32. The second-order valence-electron chi connectivity index (χ2n) is 4.64. The summed E-state index contributed by atoms with van der Waals surface area (Å²) in [6.07, 6.45) is 0.767. The monoisotopic (exact) mass is 269 g/mol. The van der Waals surface area contributed by atoms with Gasteiger partial charge in [0.25, 0.3) is 0 Å². The third-order valence-electron chi connectivity index (χ3n) is 3.32. The standard InChI is InChI=1S/C13H16ClNO3/c1-15(7-8-5-10(8)13(16)17)9-3-4-12(18-2)11(14)6-9/h3-4,6,8,10H,5,7H2,1-2H3,(H,16,17). The summed E-state index contributed by atoms with van der Waals surface area (Å²) < 4.78 is 5.09. The highest BCUT2D eigenvalue weighted by Gasteiger charge is 2.43. The molecule has 0 amide bonds. The third kappa shape index (κ3) is 2.70. The molecule has 1 N–H and O–H groups in total. The molecule has 0 saturated heterocycles. The topological polar surface area (TPSA) is 49.8 Å². The molecule has 1 aromatic carbocycles. The van der Waals surface area contributed by atoms with Crippen molar-refractivity contribution < 1.29 is 14.6 Å². The van der Waals surface area contributed by atoms with Gasteiger partial charge in [-0.1, -0.05) is 11.6 Å². The Balaban J connectivity index is 1.99. The molecule has 2 rings (SSSR count). The van der Waals surface area contributed by atoms with Crippen molar-refractivity contribution in [2.24, 2.45) is 11.8 Å². The van der Waals surface area contributed by atoms with E-state index in [-0.39, 0.29) is 11.8 Å². The van der Waals surface area contributed by atoms with E-state index < -0.39 is 5.97 Å². The summed E-state index contributed by atoms with van der Waals surface area (Å²) in [4.78, 5) is 12.8. The van der Waals surface area contributed by atoms with Crippen molar-refractivity contribution in [3.05, 3.63) is 23.2 Å². The van der Waals surface area contributed by atoms with Gasteiger partial charge in [0.05, 0.1) is 18.1 Å². The van der Waals surface area contributed by atoms with Gasteiger partial charge in [0, 0.05) is 19.3 Å². The van der Waals surface area contributed by atoms with E-state index in [1.165, 1.54) is 0 Å². The zero-order valence-electron chi connectivity index (χ0n) is 10.4. The quantitative estimate of drug-likeness (QED) is 0.892. The molecular formula is C13H16ClNO3. The van der Waals surface area contributed by atoms with Crippen LogP contribution >= 0.6 is 11.6 Å². The average Bonchev–Trinajstić information content (AvgIpc) is 3.08. The first kappa shape index (κ1) is 13.0. The molecule has 0 aliphatic heterocycles.